The lowest BCUT2D eigenvalue weighted by molar-refractivity contribution is -0.161. The zero-order chi connectivity index (χ0) is 35.2. The van der Waals surface area contributed by atoms with Gasteiger partial charge in [-0.15, -0.1) is 0 Å². The van der Waals surface area contributed by atoms with E-state index in [1.54, 1.807) is 36.5 Å². The highest BCUT2D eigenvalue weighted by Gasteiger charge is 2.23. The van der Waals surface area contributed by atoms with Gasteiger partial charge in [-0.25, -0.2) is 4.57 Å². The number of aliphatic hydroxyl groups is 2. The van der Waals surface area contributed by atoms with Crippen molar-refractivity contribution in [1.82, 2.24) is 0 Å². The highest BCUT2D eigenvalue weighted by atomic mass is 31.2. The third-order valence-corrected chi connectivity index (χ3v) is 8.07. The summed E-state index contributed by atoms with van der Waals surface area (Å²) in [5.74, 6) is -0.369. The Morgan fingerprint density at radius 2 is 1.36 bits per heavy atom. The Labute approximate surface area is 283 Å². The predicted molar refractivity (Wildman–Crippen MR) is 186 cm³/mol. The molecular weight excluding hydrogens is 623 g/mol. The molecule has 0 aromatic heterocycles. The highest BCUT2D eigenvalue weighted by Crippen LogP contribution is 2.36. The molecule has 272 valence electrons. The summed E-state index contributed by atoms with van der Waals surface area (Å²) in [6, 6.07) is 0. The Bertz CT molecular complexity index is 955. The monoisotopic (exact) mass is 686 g/mol. The molecule has 0 rings (SSSR count). The zero-order valence-corrected chi connectivity index (χ0v) is 29.9. The third kappa shape index (κ3) is 32.3. The van der Waals surface area contributed by atoms with Crippen molar-refractivity contribution in [3.05, 3.63) is 48.6 Å². The van der Waals surface area contributed by atoms with Crippen LogP contribution in [0.1, 0.15) is 130 Å². The second-order valence-electron chi connectivity index (χ2n) is 12.1. The third-order valence-electron chi connectivity index (χ3n) is 7.58. The van der Waals surface area contributed by atoms with Gasteiger partial charge in [0.25, 0.3) is 0 Å². The number of rotatable bonds is 30. The van der Waals surface area contributed by atoms with Crippen LogP contribution in [0.4, 0.5) is 0 Å². The molecule has 1 unspecified atom stereocenters. The number of ether oxygens (including phenoxy) is 2. The van der Waals surface area contributed by atoms with Crippen LogP contribution in [0.15, 0.2) is 48.6 Å². The molecule has 0 radical (unpaired) electrons. The second kappa shape index (κ2) is 30.0. The smallest absolute Gasteiger partial charge is 0.462 e. The van der Waals surface area contributed by atoms with Crippen LogP contribution < -0.4 is 0 Å². The number of phosphoric acid groups is 1. The van der Waals surface area contributed by atoms with E-state index in [0.29, 0.717) is 19.3 Å². The quantitative estimate of drug-likeness (QED) is 0.0193. The Morgan fingerprint density at radius 3 is 2.02 bits per heavy atom. The number of hydrogen-bond donors (Lipinski definition) is 4. The molecule has 0 aliphatic rings. The maximum absolute atomic E-state index is 12.3. The largest absolute Gasteiger partial charge is 0.469 e. The summed E-state index contributed by atoms with van der Waals surface area (Å²) in [5, 5.41) is 20.1. The first-order valence-corrected chi connectivity index (χ1v) is 19.1. The first kappa shape index (κ1) is 44.9. The minimum atomic E-state index is -4.82. The topological polar surface area (TPSA) is 160 Å². The van der Waals surface area contributed by atoms with Gasteiger partial charge in [-0.05, 0) is 44.4 Å². The minimum absolute atomic E-state index is 0.0495. The van der Waals surface area contributed by atoms with E-state index in [9.17, 15) is 24.4 Å². The first-order valence-electron chi connectivity index (χ1n) is 17.5. The van der Waals surface area contributed by atoms with Crippen LogP contribution in [-0.2, 0) is 28.2 Å². The fourth-order valence-electron chi connectivity index (χ4n) is 4.48. The predicted octanol–water partition coefficient (Wildman–Crippen LogP) is 7.80. The van der Waals surface area contributed by atoms with Gasteiger partial charge in [0.05, 0.1) is 18.8 Å². The van der Waals surface area contributed by atoms with Crippen molar-refractivity contribution < 1.29 is 48.2 Å². The van der Waals surface area contributed by atoms with E-state index in [2.05, 4.69) is 31.4 Å². The van der Waals surface area contributed by atoms with E-state index in [0.717, 1.165) is 31.6 Å². The fourth-order valence-corrected chi connectivity index (χ4v) is 4.84. The molecule has 0 aromatic rings. The molecule has 0 saturated carbocycles. The van der Waals surface area contributed by atoms with Crippen molar-refractivity contribution >= 4 is 19.8 Å². The highest BCUT2D eigenvalue weighted by molar-refractivity contribution is 7.46. The molecular formula is C36H63O10P. The van der Waals surface area contributed by atoms with Crippen molar-refractivity contribution in [3.8, 4) is 0 Å². The van der Waals surface area contributed by atoms with Crippen LogP contribution in [-0.4, -0.2) is 63.5 Å². The lowest BCUT2D eigenvalue weighted by Crippen LogP contribution is -2.29. The SMILES string of the molecule is CCCCC/C=C\C[C@H](O)/C=C/C=C/C=C\[C@H](O)CCCC(=O)O[C@H](COC(=O)CCCCCCCCC(C)CC)COP(=O)(O)O. The van der Waals surface area contributed by atoms with Crippen LogP contribution in [0, 0.1) is 5.92 Å². The van der Waals surface area contributed by atoms with Gasteiger partial charge < -0.3 is 29.5 Å². The Balaban J connectivity index is 4.35. The number of hydrogen-bond acceptors (Lipinski definition) is 8. The summed E-state index contributed by atoms with van der Waals surface area (Å²) in [5.41, 5.74) is 0. The molecule has 4 atom stereocenters. The van der Waals surface area contributed by atoms with Crippen LogP contribution in [0.25, 0.3) is 0 Å². The summed E-state index contributed by atoms with van der Waals surface area (Å²) in [6.07, 6.45) is 26.3. The summed E-state index contributed by atoms with van der Waals surface area (Å²) in [6.45, 7) is 5.64. The molecule has 0 aromatic carbocycles. The van der Waals surface area contributed by atoms with Crippen LogP contribution in [0.2, 0.25) is 0 Å². The van der Waals surface area contributed by atoms with Crippen LogP contribution in [0.5, 0.6) is 0 Å². The van der Waals surface area contributed by atoms with E-state index in [1.807, 2.05) is 6.08 Å². The van der Waals surface area contributed by atoms with Crippen molar-refractivity contribution in [3.63, 3.8) is 0 Å². The number of phosphoric ester groups is 1. The van der Waals surface area contributed by atoms with Gasteiger partial charge in [0.15, 0.2) is 6.10 Å². The maximum atomic E-state index is 12.3. The summed E-state index contributed by atoms with van der Waals surface area (Å²) in [4.78, 5) is 42.6. The number of esters is 2. The van der Waals surface area contributed by atoms with Crippen LogP contribution >= 0.6 is 7.82 Å². The van der Waals surface area contributed by atoms with Gasteiger partial charge in [0.1, 0.15) is 6.61 Å². The molecule has 0 spiro atoms. The molecule has 0 heterocycles. The number of unbranched alkanes of at least 4 members (excludes halogenated alkanes) is 8. The van der Waals surface area contributed by atoms with Gasteiger partial charge in [-0.1, -0.05) is 127 Å². The van der Waals surface area contributed by atoms with Crippen molar-refractivity contribution in [1.29, 1.82) is 0 Å². The van der Waals surface area contributed by atoms with Gasteiger partial charge in [-0.2, -0.15) is 0 Å². The van der Waals surface area contributed by atoms with Crippen LogP contribution in [0.3, 0.4) is 0 Å². The first-order chi connectivity index (χ1) is 22.5. The number of allylic oxidation sites excluding steroid dienone is 5. The standard InChI is InChI=1S/C36H63O10P/c1-4-6-7-8-12-17-23-32(37)24-18-14-15-19-25-33(38)26-21-28-36(40)46-34(30-45-47(41,42)43)29-44-35(39)27-20-13-10-9-11-16-22-31(3)5-2/h12,14-15,17-19,24-25,31-34,37-38H,4-11,13,16,20-23,26-30H2,1-3H3,(H2,41,42,43)/b15-14+,17-12-,24-18+,25-19-/t31?,32-,33-,34+/m0/s1. The summed E-state index contributed by atoms with van der Waals surface area (Å²) >= 11 is 0. The van der Waals surface area contributed by atoms with Gasteiger partial charge in [-0.3, -0.25) is 14.1 Å². The summed E-state index contributed by atoms with van der Waals surface area (Å²) in [7, 11) is -4.82. The maximum Gasteiger partial charge on any atom is 0.469 e. The molecule has 11 heteroatoms. The number of carbonyl (C=O) groups is 2. The molecule has 0 saturated heterocycles. The fraction of sp³-hybridized carbons (Fsp3) is 0.722. The Kier molecular flexibility index (Phi) is 28.7. The van der Waals surface area contributed by atoms with Crippen molar-refractivity contribution in [2.45, 2.75) is 148 Å². The molecule has 0 fully saturated rings. The lowest BCUT2D eigenvalue weighted by Gasteiger charge is -2.18. The molecule has 0 aliphatic heterocycles. The second-order valence-corrected chi connectivity index (χ2v) is 13.4. The van der Waals surface area contributed by atoms with E-state index in [1.165, 1.54) is 44.9 Å². The van der Waals surface area contributed by atoms with Gasteiger partial charge in [0.2, 0.25) is 0 Å². The Hall–Kier alpha value is -2.07. The lowest BCUT2D eigenvalue weighted by atomic mass is 10.00. The average Bonchev–Trinajstić information content (AvgIpc) is 3.02. The van der Waals surface area contributed by atoms with E-state index < -0.39 is 44.7 Å². The van der Waals surface area contributed by atoms with E-state index >= 15 is 0 Å². The molecule has 4 N–H and O–H groups in total. The molecule has 0 bridgehead atoms. The summed E-state index contributed by atoms with van der Waals surface area (Å²) < 4.78 is 26.1. The molecule has 0 aliphatic carbocycles. The molecule has 0 amide bonds. The minimum Gasteiger partial charge on any atom is -0.462 e. The Morgan fingerprint density at radius 1 is 0.723 bits per heavy atom. The van der Waals surface area contributed by atoms with Gasteiger partial charge in [0, 0.05) is 12.8 Å². The van der Waals surface area contributed by atoms with E-state index in [-0.39, 0.29) is 25.9 Å². The number of aliphatic hydroxyl groups excluding tert-OH is 2. The molecule has 47 heavy (non-hydrogen) atoms. The molecule has 10 nitrogen and oxygen atoms in total. The van der Waals surface area contributed by atoms with Crippen molar-refractivity contribution in [2.75, 3.05) is 13.2 Å². The van der Waals surface area contributed by atoms with Gasteiger partial charge >= 0.3 is 19.8 Å². The van der Waals surface area contributed by atoms with Crippen molar-refractivity contribution in [2.24, 2.45) is 5.92 Å². The zero-order valence-electron chi connectivity index (χ0n) is 29.0. The number of carbonyl (C=O) groups excluding carboxylic acids is 2. The average molecular weight is 687 g/mol. The van der Waals surface area contributed by atoms with E-state index in [4.69, 9.17) is 19.3 Å². The normalized spacial score (nSPS) is 15.1.